The summed E-state index contributed by atoms with van der Waals surface area (Å²) in [6.45, 7) is 2.88. The number of sulfonamides is 1. The molecule has 0 aromatic heterocycles. The Bertz CT molecular complexity index is 582. The molecular weight excluding hydrogens is 306 g/mol. The van der Waals surface area contributed by atoms with Crippen LogP contribution < -0.4 is 10.5 Å². The molecule has 1 aromatic carbocycles. The number of hydrogen-bond acceptors (Lipinski definition) is 5. The van der Waals surface area contributed by atoms with Gasteiger partial charge in [-0.2, -0.15) is 5.26 Å². The van der Waals surface area contributed by atoms with Crippen molar-refractivity contribution < 1.29 is 8.42 Å². The van der Waals surface area contributed by atoms with Crippen LogP contribution in [0.25, 0.3) is 0 Å². The molecule has 0 aliphatic heterocycles. The van der Waals surface area contributed by atoms with Crippen molar-refractivity contribution in [1.29, 1.82) is 5.26 Å². The molecule has 0 heterocycles. The Kier molecular flexibility index (Phi) is 7.75. The smallest absolute Gasteiger partial charge is 0.238 e. The number of benzene rings is 1. The largest absolute Gasteiger partial charge is 0.310 e. The zero-order valence-electron chi connectivity index (χ0n) is 12.1. The average molecular weight is 327 g/mol. The molecule has 0 saturated carbocycles. The van der Waals surface area contributed by atoms with Crippen molar-refractivity contribution in [2.75, 3.05) is 18.1 Å². The quantitative estimate of drug-likeness (QED) is 0.676. The first-order chi connectivity index (χ1) is 9.99. The van der Waals surface area contributed by atoms with Crippen molar-refractivity contribution in [1.82, 2.24) is 5.32 Å². The molecule has 0 aliphatic carbocycles. The summed E-state index contributed by atoms with van der Waals surface area (Å²) in [5.41, 5.74) is 0.925. The van der Waals surface area contributed by atoms with E-state index in [1.807, 2.05) is 13.0 Å². The number of nitrogens with zero attached hydrogens (tertiary/aromatic N) is 1. The molecule has 7 heteroatoms. The number of nitrogens with two attached hydrogens (primary N) is 1. The minimum atomic E-state index is -3.66. The van der Waals surface area contributed by atoms with Gasteiger partial charge < -0.3 is 5.32 Å². The molecule has 5 nitrogen and oxygen atoms in total. The Morgan fingerprint density at radius 2 is 2.24 bits per heavy atom. The van der Waals surface area contributed by atoms with Crippen LogP contribution in [0.15, 0.2) is 29.2 Å². The average Bonchev–Trinajstić information content (AvgIpc) is 2.46. The Morgan fingerprint density at radius 1 is 1.48 bits per heavy atom. The first kappa shape index (κ1) is 18.0. The van der Waals surface area contributed by atoms with Gasteiger partial charge in [0.05, 0.1) is 16.7 Å². The van der Waals surface area contributed by atoms with E-state index in [9.17, 15) is 8.42 Å². The van der Waals surface area contributed by atoms with Crippen molar-refractivity contribution >= 4 is 21.8 Å². The number of primary sulfonamides is 1. The highest BCUT2D eigenvalue weighted by atomic mass is 32.2. The molecular formula is C14H21N3O2S2. The third-order valence-electron chi connectivity index (χ3n) is 3.02. The lowest BCUT2D eigenvalue weighted by Crippen LogP contribution is -2.23. The minimum Gasteiger partial charge on any atom is -0.310 e. The summed E-state index contributed by atoms with van der Waals surface area (Å²) in [5, 5.41) is 17.0. The van der Waals surface area contributed by atoms with Gasteiger partial charge in [-0.15, -0.1) is 11.8 Å². The second-order valence-electron chi connectivity index (χ2n) is 4.60. The van der Waals surface area contributed by atoms with E-state index in [1.54, 1.807) is 23.9 Å². The summed E-state index contributed by atoms with van der Waals surface area (Å²) in [7, 11) is -3.66. The summed E-state index contributed by atoms with van der Waals surface area (Å²) in [5.74, 6) is 1.46. The fraction of sp³-hybridized carbons (Fsp3) is 0.500. The standard InChI is InChI=1S/C14H21N3O2S2/c1-2-14(17-8-4-9-20-10-7-15)12-5-3-6-13(11-12)21(16,18)19/h3,5-6,11,14,17H,2,4,8-10H2,1H3,(H2,16,18,19). The monoisotopic (exact) mass is 327 g/mol. The van der Waals surface area contributed by atoms with E-state index >= 15 is 0 Å². The maximum absolute atomic E-state index is 11.4. The lowest BCUT2D eigenvalue weighted by molar-refractivity contribution is 0.518. The van der Waals surface area contributed by atoms with Gasteiger partial charge in [0.2, 0.25) is 10.0 Å². The third-order valence-corrected chi connectivity index (χ3v) is 4.84. The van der Waals surface area contributed by atoms with E-state index in [0.29, 0.717) is 5.75 Å². The van der Waals surface area contributed by atoms with E-state index in [4.69, 9.17) is 10.4 Å². The van der Waals surface area contributed by atoms with Crippen LogP contribution in [0.2, 0.25) is 0 Å². The summed E-state index contributed by atoms with van der Waals surface area (Å²) in [4.78, 5) is 0.143. The molecule has 0 spiro atoms. The summed E-state index contributed by atoms with van der Waals surface area (Å²) < 4.78 is 22.8. The molecule has 1 aromatic rings. The predicted molar refractivity (Wildman–Crippen MR) is 86.4 cm³/mol. The Labute approximate surface area is 131 Å². The zero-order chi connectivity index (χ0) is 15.7. The van der Waals surface area contributed by atoms with Gasteiger partial charge in [-0.05, 0) is 42.8 Å². The van der Waals surface area contributed by atoms with Gasteiger partial charge in [0.25, 0.3) is 0 Å². The molecule has 116 valence electrons. The fourth-order valence-corrected chi connectivity index (χ4v) is 3.13. The molecule has 1 atom stereocenters. The van der Waals surface area contributed by atoms with Gasteiger partial charge in [0, 0.05) is 6.04 Å². The van der Waals surface area contributed by atoms with E-state index in [-0.39, 0.29) is 10.9 Å². The Morgan fingerprint density at radius 3 is 2.86 bits per heavy atom. The minimum absolute atomic E-state index is 0.104. The van der Waals surface area contributed by atoms with Crippen LogP contribution >= 0.6 is 11.8 Å². The van der Waals surface area contributed by atoms with Gasteiger partial charge in [0.1, 0.15) is 0 Å². The van der Waals surface area contributed by atoms with Crippen molar-refractivity contribution in [2.45, 2.75) is 30.7 Å². The normalized spacial score (nSPS) is 12.8. The van der Waals surface area contributed by atoms with Crippen LogP contribution in [0.4, 0.5) is 0 Å². The zero-order valence-corrected chi connectivity index (χ0v) is 13.7. The molecule has 1 rings (SSSR count). The first-order valence-electron chi connectivity index (χ1n) is 6.80. The van der Waals surface area contributed by atoms with Crippen molar-refractivity contribution in [3.8, 4) is 6.07 Å². The molecule has 21 heavy (non-hydrogen) atoms. The maximum atomic E-state index is 11.4. The van der Waals surface area contributed by atoms with Gasteiger partial charge in [-0.1, -0.05) is 19.1 Å². The Hall–Kier alpha value is -1.07. The lowest BCUT2D eigenvalue weighted by atomic mass is 10.0. The van der Waals surface area contributed by atoms with E-state index in [1.165, 1.54) is 6.07 Å². The molecule has 0 saturated heterocycles. The van der Waals surface area contributed by atoms with Crippen LogP contribution in [0, 0.1) is 11.3 Å². The van der Waals surface area contributed by atoms with Crippen molar-refractivity contribution in [3.63, 3.8) is 0 Å². The highest BCUT2D eigenvalue weighted by molar-refractivity contribution is 7.99. The molecule has 0 aliphatic rings. The molecule has 0 radical (unpaired) electrons. The van der Waals surface area contributed by atoms with Crippen molar-refractivity contribution in [3.05, 3.63) is 29.8 Å². The number of nitriles is 1. The van der Waals surface area contributed by atoms with Gasteiger partial charge in [-0.25, -0.2) is 13.6 Å². The number of rotatable bonds is 9. The second-order valence-corrected chi connectivity index (χ2v) is 7.26. The number of hydrogen-bond donors (Lipinski definition) is 2. The molecule has 1 unspecified atom stereocenters. The topological polar surface area (TPSA) is 96.0 Å². The first-order valence-corrected chi connectivity index (χ1v) is 9.50. The number of thioether (sulfide) groups is 1. The second kappa shape index (κ2) is 9.05. The maximum Gasteiger partial charge on any atom is 0.238 e. The Balaban J connectivity index is 2.58. The van der Waals surface area contributed by atoms with E-state index < -0.39 is 10.0 Å². The lowest BCUT2D eigenvalue weighted by Gasteiger charge is -2.18. The van der Waals surface area contributed by atoms with E-state index in [0.717, 1.165) is 30.7 Å². The van der Waals surface area contributed by atoms with Crippen LogP contribution in [0.1, 0.15) is 31.4 Å². The molecule has 3 N–H and O–H groups in total. The molecule has 0 bridgehead atoms. The van der Waals surface area contributed by atoms with Crippen LogP contribution in [-0.4, -0.2) is 26.5 Å². The van der Waals surface area contributed by atoms with Crippen LogP contribution in [0.5, 0.6) is 0 Å². The van der Waals surface area contributed by atoms with Crippen LogP contribution in [0.3, 0.4) is 0 Å². The molecule has 0 amide bonds. The van der Waals surface area contributed by atoms with Gasteiger partial charge in [0.15, 0.2) is 0 Å². The van der Waals surface area contributed by atoms with E-state index in [2.05, 4.69) is 11.4 Å². The summed E-state index contributed by atoms with van der Waals surface area (Å²) in [6.07, 6.45) is 1.83. The third kappa shape index (κ3) is 6.48. The fourth-order valence-electron chi connectivity index (χ4n) is 1.97. The van der Waals surface area contributed by atoms with Crippen LogP contribution in [-0.2, 0) is 10.0 Å². The highest BCUT2D eigenvalue weighted by Gasteiger charge is 2.13. The predicted octanol–water partition coefficient (Wildman–Crippen LogP) is 2.02. The SMILES string of the molecule is CCC(NCCCSCC#N)c1cccc(S(N)(=O)=O)c1. The highest BCUT2D eigenvalue weighted by Crippen LogP contribution is 2.19. The van der Waals surface area contributed by atoms with Gasteiger partial charge in [-0.3, -0.25) is 0 Å². The summed E-state index contributed by atoms with van der Waals surface area (Å²) in [6, 6.07) is 8.95. The summed E-state index contributed by atoms with van der Waals surface area (Å²) >= 11 is 1.62. The number of nitrogens with one attached hydrogen (secondary N) is 1. The van der Waals surface area contributed by atoms with Gasteiger partial charge >= 0.3 is 0 Å². The molecule has 0 fully saturated rings. The van der Waals surface area contributed by atoms with Crippen molar-refractivity contribution in [2.24, 2.45) is 5.14 Å².